The van der Waals surface area contributed by atoms with Crippen LogP contribution in [0.1, 0.15) is 5.56 Å². The Morgan fingerprint density at radius 1 is 1.19 bits per heavy atom. The third-order valence-corrected chi connectivity index (χ3v) is 6.31. The number of benzene rings is 2. The van der Waals surface area contributed by atoms with E-state index in [4.69, 9.17) is 4.74 Å². The van der Waals surface area contributed by atoms with Gasteiger partial charge in [0.25, 0.3) is 10.0 Å². The molecule has 0 saturated carbocycles. The lowest BCUT2D eigenvalue weighted by Crippen LogP contribution is -2.15. The standard InChI is InChI=1S/C19H17N3O3S2/c1-13-7-8-17(25-2)18(11-13)27(23,24)21-15-6-4-3-5-14(15)16-12-22-9-10-26-19(22)20-16/h3-12,21H,1-2H3. The van der Waals surface area contributed by atoms with Crippen molar-refractivity contribution < 1.29 is 13.2 Å². The van der Waals surface area contributed by atoms with Crippen LogP contribution in [0.15, 0.2) is 65.1 Å². The van der Waals surface area contributed by atoms with Gasteiger partial charge in [-0.15, -0.1) is 11.3 Å². The van der Waals surface area contributed by atoms with Gasteiger partial charge in [0, 0.05) is 23.3 Å². The SMILES string of the molecule is COc1ccc(C)cc1S(=O)(=O)Nc1ccccc1-c1cn2ccsc2n1. The van der Waals surface area contributed by atoms with Gasteiger partial charge in [0.1, 0.15) is 10.6 Å². The Balaban J connectivity index is 1.77. The van der Waals surface area contributed by atoms with Crippen molar-refractivity contribution in [3.8, 4) is 17.0 Å². The van der Waals surface area contributed by atoms with Crippen molar-refractivity contribution in [2.24, 2.45) is 0 Å². The number of nitrogens with zero attached hydrogens (tertiary/aromatic N) is 2. The number of hydrogen-bond donors (Lipinski definition) is 1. The topological polar surface area (TPSA) is 72.7 Å². The number of rotatable bonds is 5. The minimum Gasteiger partial charge on any atom is -0.495 e. The van der Waals surface area contributed by atoms with Gasteiger partial charge in [-0.1, -0.05) is 24.3 Å². The first-order chi connectivity index (χ1) is 13.0. The number of nitrogens with one attached hydrogen (secondary N) is 1. The summed E-state index contributed by atoms with van der Waals surface area (Å²) in [5, 5.41) is 1.95. The van der Waals surface area contributed by atoms with Gasteiger partial charge < -0.3 is 4.74 Å². The third kappa shape index (κ3) is 3.29. The maximum absolute atomic E-state index is 13.0. The van der Waals surface area contributed by atoms with Crippen LogP contribution in [-0.2, 0) is 10.0 Å². The third-order valence-electron chi connectivity index (χ3n) is 4.15. The lowest BCUT2D eigenvalue weighted by atomic mass is 10.1. The molecule has 0 aliphatic carbocycles. The summed E-state index contributed by atoms with van der Waals surface area (Å²) in [4.78, 5) is 5.53. The molecule has 1 N–H and O–H groups in total. The highest BCUT2D eigenvalue weighted by molar-refractivity contribution is 7.92. The highest BCUT2D eigenvalue weighted by atomic mass is 32.2. The monoisotopic (exact) mass is 399 g/mol. The van der Waals surface area contributed by atoms with Gasteiger partial charge in [-0.2, -0.15) is 0 Å². The first kappa shape index (κ1) is 17.6. The summed E-state index contributed by atoms with van der Waals surface area (Å²) in [7, 11) is -2.38. The van der Waals surface area contributed by atoms with E-state index in [1.54, 1.807) is 24.3 Å². The van der Waals surface area contributed by atoms with Crippen LogP contribution in [0.2, 0.25) is 0 Å². The van der Waals surface area contributed by atoms with Crippen LogP contribution in [0.25, 0.3) is 16.2 Å². The summed E-state index contributed by atoms with van der Waals surface area (Å²) in [5.41, 5.74) is 2.71. The van der Waals surface area contributed by atoms with E-state index >= 15 is 0 Å². The summed E-state index contributed by atoms with van der Waals surface area (Å²) in [6.07, 6.45) is 3.80. The molecule has 27 heavy (non-hydrogen) atoms. The first-order valence-electron chi connectivity index (χ1n) is 8.17. The predicted octanol–water partition coefficient (Wildman–Crippen LogP) is 4.18. The summed E-state index contributed by atoms with van der Waals surface area (Å²) in [6, 6.07) is 12.3. The van der Waals surface area contributed by atoms with Crippen LogP contribution in [0.4, 0.5) is 5.69 Å². The number of methoxy groups -OCH3 is 1. The number of thiazole rings is 1. The molecule has 4 aromatic rings. The molecule has 0 radical (unpaired) electrons. The summed E-state index contributed by atoms with van der Waals surface area (Å²) in [6.45, 7) is 1.84. The van der Waals surface area contributed by atoms with Crippen LogP contribution in [0.5, 0.6) is 5.75 Å². The zero-order chi connectivity index (χ0) is 19.0. The summed E-state index contributed by atoms with van der Waals surface area (Å²) in [5.74, 6) is 0.299. The highest BCUT2D eigenvalue weighted by Gasteiger charge is 2.22. The number of sulfonamides is 1. The van der Waals surface area contributed by atoms with Crippen molar-refractivity contribution >= 4 is 32.0 Å². The molecule has 0 spiro atoms. The normalized spacial score (nSPS) is 11.6. The van der Waals surface area contributed by atoms with Crippen molar-refractivity contribution in [3.05, 3.63) is 65.8 Å². The molecule has 6 nitrogen and oxygen atoms in total. The second kappa shape index (κ2) is 6.71. The van der Waals surface area contributed by atoms with Crippen LogP contribution >= 0.6 is 11.3 Å². The molecule has 0 saturated heterocycles. The predicted molar refractivity (Wildman–Crippen MR) is 107 cm³/mol. The molecule has 4 rings (SSSR count). The Bertz CT molecular complexity index is 1200. The van der Waals surface area contributed by atoms with E-state index < -0.39 is 10.0 Å². The molecule has 8 heteroatoms. The van der Waals surface area contributed by atoms with Gasteiger partial charge >= 0.3 is 0 Å². The Morgan fingerprint density at radius 2 is 2.00 bits per heavy atom. The van der Waals surface area contributed by atoms with E-state index in [-0.39, 0.29) is 4.90 Å². The molecule has 0 atom stereocenters. The van der Waals surface area contributed by atoms with Gasteiger partial charge in [0.15, 0.2) is 4.96 Å². The number of fused-ring (bicyclic) bond motifs is 1. The maximum Gasteiger partial charge on any atom is 0.265 e. The summed E-state index contributed by atoms with van der Waals surface area (Å²) < 4.78 is 35.9. The highest BCUT2D eigenvalue weighted by Crippen LogP contribution is 2.32. The molecule has 138 valence electrons. The van der Waals surface area contributed by atoms with Crippen LogP contribution < -0.4 is 9.46 Å². The summed E-state index contributed by atoms with van der Waals surface area (Å²) >= 11 is 1.52. The fourth-order valence-corrected chi connectivity index (χ4v) is 4.88. The maximum atomic E-state index is 13.0. The van der Waals surface area contributed by atoms with Gasteiger partial charge in [0.2, 0.25) is 0 Å². The van der Waals surface area contributed by atoms with Crippen molar-refractivity contribution in [1.29, 1.82) is 0 Å². The van der Waals surface area contributed by atoms with Gasteiger partial charge in [-0.3, -0.25) is 9.12 Å². The van der Waals surface area contributed by atoms with E-state index in [1.807, 2.05) is 47.3 Å². The lowest BCUT2D eigenvalue weighted by molar-refractivity contribution is 0.402. The second-order valence-electron chi connectivity index (χ2n) is 6.02. The molecule has 2 heterocycles. The van der Waals surface area contributed by atoms with Crippen LogP contribution in [0.3, 0.4) is 0 Å². The lowest BCUT2D eigenvalue weighted by Gasteiger charge is -2.14. The number of imidazole rings is 1. The molecule has 0 amide bonds. The fourth-order valence-electron chi connectivity index (χ4n) is 2.85. The van der Waals surface area contributed by atoms with Gasteiger partial charge in [-0.05, 0) is 30.7 Å². The number of anilines is 1. The van der Waals surface area contributed by atoms with E-state index in [0.29, 0.717) is 22.7 Å². The Labute approximate surface area is 161 Å². The molecule has 0 aliphatic rings. The number of para-hydroxylation sites is 1. The minimum absolute atomic E-state index is 0.102. The van der Waals surface area contributed by atoms with E-state index in [9.17, 15) is 8.42 Å². The number of ether oxygens (including phenoxy) is 1. The Hall–Kier alpha value is -2.84. The number of hydrogen-bond acceptors (Lipinski definition) is 5. The van der Waals surface area contributed by atoms with Crippen LogP contribution in [0, 0.1) is 6.92 Å². The van der Waals surface area contributed by atoms with Gasteiger partial charge in [0.05, 0.1) is 18.5 Å². The van der Waals surface area contributed by atoms with Crippen molar-refractivity contribution in [3.63, 3.8) is 0 Å². The molecular weight excluding hydrogens is 382 g/mol. The largest absolute Gasteiger partial charge is 0.495 e. The molecule has 0 bridgehead atoms. The van der Waals surface area contributed by atoms with Crippen molar-refractivity contribution in [2.45, 2.75) is 11.8 Å². The molecule has 2 aromatic heterocycles. The average molecular weight is 399 g/mol. The smallest absolute Gasteiger partial charge is 0.265 e. The quantitative estimate of drug-likeness (QED) is 0.546. The molecule has 0 unspecified atom stereocenters. The number of aryl methyl sites for hydroxylation is 1. The van der Waals surface area contributed by atoms with E-state index in [2.05, 4.69) is 9.71 Å². The van der Waals surface area contributed by atoms with Crippen molar-refractivity contribution in [1.82, 2.24) is 9.38 Å². The van der Waals surface area contributed by atoms with E-state index in [0.717, 1.165) is 10.5 Å². The Kier molecular flexibility index (Phi) is 4.37. The molecule has 0 aliphatic heterocycles. The van der Waals surface area contributed by atoms with Crippen molar-refractivity contribution in [2.75, 3.05) is 11.8 Å². The number of aromatic nitrogens is 2. The molecule has 2 aromatic carbocycles. The van der Waals surface area contributed by atoms with Gasteiger partial charge in [-0.25, -0.2) is 13.4 Å². The van der Waals surface area contributed by atoms with E-state index in [1.165, 1.54) is 18.4 Å². The first-order valence-corrected chi connectivity index (χ1v) is 10.5. The molecular formula is C19H17N3O3S2. The van der Waals surface area contributed by atoms with Crippen LogP contribution in [-0.4, -0.2) is 24.9 Å². The average Bonchev–Trinajstić information content (AvgIpc) is 3.24. The molecule has 0 fully saturated rings. The fraction of sp³-hybridized carbons (Fsp3) is 0.105. The second-order valence-corrected chi connectivity index (χ2v) is 8.55. The zero-order valence-corrected chi connectivity index (χ0v) is 16.3. The Morgan fingerprint density at radius 3 is 2.78 bits per heavy atom. The zero-order valence-electron chi connectivity index (χ0n) is 14.7. The minimum atomic E-state index is -3.83.